The minimum atomic E-state index is -0.844. The van der Waals surface area contributed by atoms with Crippen LogP contribution in [-0.4, -0.2) is 46.3 Å². The number of hydrogen-bond donors (Lipinski definition) is 2. The molecular formula is C13H15Cl2NO3. The lowest BCUT2D eigenvalue weighted by Gasteiger charge is -2.15. The number of carbonyl (C=O) groups is 1. The molecule has 19 heavy (non-hydrogen) atoms. The Morgan fingerprint density at radius 1 is 1.26 bits per heavy atom. The normalized spacial score (nSPS) is 22.8. The molecule has 1 aromatic rings. The quantitative estimate of drug-likeness (QED) is 0.889. The summed E-state index contributed by atoms with van der Waals surface area (Å²) in [5.41, 5.74) is 0.861. The Morgan fingerprint density at radius 2 is 1.89 bits per heavy atom. The Hall–Kier alpha value is -0.810. The first-order valence-electron chi connectivity index (χ1n) is 6.05. The molecule has 0 radical (unpaired) electrons. The van der Waals surface area contributed by atoms with E-state index in [1.807, 2.05) is 0 Å². The highest BCUT2D eigenvalue weighted by molar-refractivity contribution is 6.35. The van der Waals surface area contributed by atoms with E-state index in [-0.39, 0.29) is 19.0 Å². The first-order valence-corrected chi connectivity index (χ1v) is 6.81. The van der Waals surface area contributed by atoms with Gasteiger partial charge in [0.25, 0.3) is 0 Å². The zero-order valence-electron chi connectivity index (χ0n) is 10.2. The third-order valence-corrected chi connectivity index (χ3v) is 3.82. The van der Waals surface area contributed by atoms with Crippen molar-refractivity contribution < 1.29 is 15.0 Å². The second-order valence-electron chi connectivity index (χ2n) is 4.67. The van der Waals surface area contributed by atoms with E-state index in [9.17, 15) is 15.0 Å². The first kappa shape index (κ1) is 14.6. The lowest BCUT2D eigenvalue weighted by Crippen LogP contribution is -2.29. The monoisotopic (exact) mass is 303 g/mol. The van der Waals surface area contributed by atoms with Crippen LogP contribution >= 0.6 is 23.2 Å². The van der Waals surface area contributed by atoms with Crippen LogP contribution in [-0.2, 0) is 11.2 Å². The number of likely N-dealkylation sites (tertiary alicyclic amines) is 1. The van der Waals surface area contributed by atoms with Crippen molar-refractivity contribution in [2.75, 3.05) is 13.1 Å². The van der Waals surface area contributed by atoms with Crippen LogP contribution in [0.15, 0.2) is 18.2 Å². The highest BCUT2D eigenvalue weighted by Gasteiger charge is 2.32. The average molecular weight is 304 g/mol. The van der Waals surface area contributed by atoms with Crippen molar-refractivity contribution in [2.24, 2.45) is 0 Å². The minimum absolute atomic E-state index is 0.0957. The maximum Gasteiger partial charge on any atom is 0.223 e. The fraction of sp³-hybridized carbons (Fsp3) is 0.462. The summed E-state index contributed by atoms with van der Waals surface area (Å²) in [6.45, 7) is 0.378. The standard InChI is InChI=1S/C13H15Cl2NO3/c14-9-3-1-8(10(15)5-9)2-4-13(19)16-6-11(17)12(18)7-16/h1,3,5,11-12,17-18H,2,4,6-7H2. The van der Waals surface area contributed by atoms with Gasteiger partial charge in [0, 0.05) is 29.6 Å². The number of rotatable bonds is 3. The second-order valence-corrected chi connectivity index (χ2v) is 5.51. The molecule has 0 bridgehead atoms. The number of aryl methyl sites for hydroxylation is 1. The van der Waals surface area contributed by atoms with Gasteiger partial charge in [0.05, 0.1) is 12.2 Å². The van der Waals surface area contributed by atoms with Crippen molar-refractivity contribution >= 4 is 29.1 Å². The van der Waals surface area contributed by atoms with Crippen molar-refractivity contribution in [2.45, 2.75) is 25.0 Å². The molecule has 2 N–H and O–H groups in total. The highest BCUT2D eigenvalue weighted by Crippen LogP contribution is 2.22. The largest absolute Gasteiger partial charge is 0.388 e. The number of aliphatic hydroxyl groups is 2. The van der Waals surface area contributed by atoms with E-state index >= 15 is 0 Å². The zero-order valence-corrected chi connectivity index (χ0v) is 11.7. The maximum absolute atomic E-state index is 11.9. The molecule has 1 amide bonds. The van der Waals surface area contributed by atoms with Crippen molar-refractivity contribution in [1.29, 1.82) is 0 Å². The number of β-amino-alcohol motifs (C(OH)–C–C–N with tert-alkyl or cyclic N) is 2. The Kier molecular flexibility index (Phi) is 4.68. The molecule has 1 heterocycles. The number of benzene rings is 1. The Balaban J connectivity index is 1.90. The highest BCUT2D eigenvalue weighted by atomic mass is 35.5. The predicted molar refractivity (Wildman–Crippen MR) is 73.4 cm³/mol. The fourth-order valence-electron chi connectivity index (χ4n) is 2.10. The van der Waals surface area contributed by atoms with Crippen LogP contribution < -0.4 is 0 Å². The van der Waals surface area contributed by atoms with Gasteiger partial charge in [-0.15, -0.1) is 0 Å². The second kappa shape index (κ2) is 6.09. The molecule has 0 aliphatic carbocycles. The number of halogens is 2. The van der Waals surface area contributed by atoms with E-state index < -0.39 is 12.2 Å². The number of nitrogens with zero attached hydrogens (tertiary/aromatic N) is 1. The molecule has 1 aliphatic rings. The van der Waals surface area contributed by atoms with Gasteiger partial charge in [-0.25, -0.2) is 0 Å². The van der Waals surface area contributed by atoms with E-state index in [4.69, 9.17) is 23.2 Å². The van der Waals surface area contributed by atoms with Crippen LogP contribution in [0, 0.1) is 0 Å². The number of aliphatic hydroxyl groups excluding tert-OH is 2. The summed E-state index contributed by atoms with van der Waals surface area (Å²) in [5.74, 6) is -0.0957. The van der Waals surface area contributed by atoms with Gasteiger partial charge in [-0.05, 0) is 24.1 Å². The SMILES string of the molecule is O=C(CCc1ccc(Cl)cc1Cl)N1CC(O)C(O)C1. The Morgan fingerprint density at radius 3 is 2.47 bits per heavy atom. The van der Waals surface area contributed by atoms with E-state index in [2.05, 4.69) is 0 Å². The van der Waals surface area contributed by atoms with Gasteiger partial charge >= 0.3 is 0 Å². The van der Waals surface area contributed by atoms with Gasteiger partial charge in [-0.2, -0.15) is 0 Å². The van der Waals surface area contributed by atoms with Crippen LogP contribution in [0.25, 0.3) is 0 Å². The van der Waals surface area contributed by atoms with E-state index in [0.29, 0.717) is 22.9 Å². The van der Waals surface area contributed by atoms with Crippen LogP contribution in [0.2, 0.25) is 10.0 Å². The van der Waals surface area contributed by atoms with Crippen molar-refractivity contribution in [3.8, 4) is 0 Å². The molecule has 1 saturated heterocycles. The van der Waals surface area contributed by atoms with Gasteiger partial charge in [0.2, 0.25) is 5.91 Å². The number of amides is 1. The van der Waals surface area contributed by atoms with Crippen molar-refractivity contribution in [1.82, 2.24) is 4.90 Å². The van der Waals surface area contributed by atoms with Gasteiger partial charge < -0.3 is 15.1 Å². The summed E-state index contributed by atoms with van der Waals surface area (Å²) in [6, 6.07) is 5.18. The van der Waals surface area contributed by atoms with Crippen LogP contribution in [0.4, 0.5) is 0 Å². The molecule has 4 nitrogen and oxygen atoms in total. The molecule has 2 rings (SSSR count). The lowest BCUT2D eigenvalue weighted by molar-refractivity contribution is -0.130. The van der Waals surface area contributed by atoms with E-state index in [0.717, 1.165) is 5.56 Å². The predicted octanol–water partition coefficient (Wildman–Crippen LogP) is 1.49. The number of carbonyl (C=O) groups excluding carboxylic acids is 1. The average Bonchev–Trinajstić information content (AvgIpc) is 2.68. The molecule has 104 valence electrons. The minimum Gasteiger partial charge on any atom is -0.388 e. The molecule has 0 spiro atoms. The van der Waals surface area contributed by atoms with Crippen LogP contribution in [0.5, 0.6) is 0 Å². The smallest absolute Gasteiger partial charge is 0.223 e. The van der Waals surface area contributed by atoms with Gasteiger partial charge in [0.1, 0.15) is 0 Å². The van der Waals surface area contributed by atoms with Crippen LogP contribution in [0.1, 0.15) is 12.0 Å². The lowest BCUT2D eigenvalue weighted by atomic mass is 10.1. The van der Waals surface area contributed by atoms with Crippen LogP contribution in [0.3, 0.4) is 0 Å². The Bertz CT molecular complexity index is 471. The fourth-order valence-corrected chi connectivity index (χ4v) is 2.60. The topological polar surface area (TPSA) is 60.8 Å². The van der Waals surface area contributed by atoms with E-state index in [1.54, 1.807) is 18.2 Å². The third-order valence-electron chi connectivity index (χ3n) is 3.24. The molecule has 0 aromatic heterocycles. The Labute approximate surface area is 121 Å². The first-order chi connectivity index (χ1) is 8.97. The maximum atomic E-state index is 11.9. The molecule has 0 saturated carbocycles. The summed E-state index contributed by atoms with van der Waals surface area (Å²) in [4.78, 5) is 13.4. The van der Waals surface area contributed by atoms with Crippen molar-refractivity contribution in [3.05, 3.63) is 33.8 Å². The molecule has 2 atom stereocenters. The molecule has 2 unspecified atom stereocenters. The van der Waals surface area contributed by atoms with Gasteiger partial charge in [-0.1, -0.05) is 29.3 Å². The van der Waals surface area contributed by atoms with Gasteiger partial charge in [-0.3, -0.25) is 4.79 Å². The summed E-state index contributed by atoms with van der Waals surface area (Å²) < 4.78 is 0. The van der Waals surface area contributed by atoms with Crippen molar-refractivity contribution in [3.63, 3.8) is 0 Å². The van der Waals surface area contributed by atoms with Gasteiger partial charge in [0.15, 0.2) is 0 Å². The summed E-state index contributed by atoms with van der Waals surface area (Å²) >= 11 is 11.8. The summed E-state index contributed by atoms with van der Waals surface area (Å²) in [7, 11) is 0. The summed E-state index contributed by atoms with van der Waals surface area (Å²) in [6.07, 6.45) is -0.885. The molecule has 6 heteroatoms. The molecular weight excluding hydrogens is 289 g/mol. The zero-order chi connectivity index (χ0) is 14.0. The molecule has 1 aromatic carbocycles. The number of hydrogen-bond acceptors (Lipinski definition) is 3. The molecule has 1 fully saturated rings. The molecule has 1 aliphatic heterocycles. The summed E-state index contributed by atoms with van der Waals surface area (Å²) in [5, 5.41) is 19.9. The van der Waals surface area contributed by atoms with E-state index in [1.165, 1.54) is 4.90 Å². The third kappa shape index (κ3) is 3.60.